The molecule has 4 rings (SSSR count). The summed E-state index contributed by atoms with van der Waals surface area (Å²) in [7, 11) is 0. The fourth-order valence-electron chi connectivity index (χ4n) is 5.14. The van der Waals surface area contributed by atoms with Gasteiger partial charge in [0.2, 0.25) is 0 Å². The zero-order valence-electron chi connectivity index (χ0n) is 20.6. The molecule has 1 aromatic heterocycles. The van der Waals surface area contributed by atoms with Crippen LogP contribution >= 0.6 is 11.3 Å². The number of dihydropyridines is 1. The number of allylic oxidation sites excluding steroid dienone is 3. The van der Waals surface area contributed by atoms with Crippen LogP contribution in [-0.2, 0) is 23.9 Å². The lowest BCUT2D eigenvalue weighted by molar-refractivity contribution is -0.152. The van der Waals surface area contributed by atoms with Crippen LogP contribution in [-0.4, -0.2) is 30.9 Å². The van der Waals surface area contributed by atoms with Crippen molar-refractivity contribution in [3.05, 3.63) is 80.6 Å². The van der Waals surface area contributed by atoms with E-state index in [4.69, 9.17) is 9.47 Å². The molecule has 2 heterocycles. The molecular formula is C28H30FNO5S. The highest BCUT2D eigenvalue weighted by Gasteiger charge is 2.49. The summed E-state index contributed by atoms with van der Waals surface area (Å²) in [6.07, 6.45) is 1.69. The SMILES string of the molecule is CCCC1=C(C(=O)OCC)C(c2cccc(F)c2)C2=C(CC(c3cccs3)C(C(=O)OCC)C2=O)N1. The van der Waals surface area contributed by atoms with Crippen molar-refractivity contribution in [1.29, 1.82) is 0 Å². The molecule has 2 aromatic rings. The van der Waals surface area contributed by atoms with Gasteiger partial charge in [0.1, 0.15) is 11.7 Å². The number of hydrogen-bond acceptors (Lipinski definition) is 7. The molecule has 0 amide bonds. The Kier molecular flexibility index (Phi) is 8.04. The minimum Gasteiger partial charge on any atom is -0.465 e. The Bertz CT molecular complexity index is 1220. The minimum atomic E-state index is -1.06. The van der Waals surface area contributed by atoms with Crippen molar-refractivity contribution in [2.24, 2.45) is 5.92 Å². The van der Waals surface area contributed by atoms with Gasteiger partial charge < -0.3 is 14.8 Å². The number of rotatable bonds is 8. The van der Waals surface area contributed by atoms with Crippen molar-refractivity contribution in [3.8, 4) is 0 Å². The Hall–Kier alpha value is -3.26. The molecule has 190 valence electrons. The standard InChI is InChI=1S/C28H30FNO5S/c1-4-9-19-25(28(33)35-6-3)22(16-10-7-11-17(29)14-16)24-20(30-19)15-18(21-12-8-13-36-21)23(26(24)31)27(32)34-5-2/h7-8,10-14,18,22-23,30H,4-6,9,15H2,1-3H3. The number of carbonyl (C=O) groups excluding carboxylic acids is 3. The topological polar surface area (TPSA) is 81.7 Å². The second-order valence-electron chi connectivity index (χ2n) is 8.79. The maximum Gasteiger partial charge on any atom is 0.336 e. The molecule has 2 aliphatic rings. The lowest BCUT2D eigenvalue weighted by Gasteiger charge is -2.39. The first-order chi connectivity index (χ1) is 17.4. The molecule has 8 heteroatoms. The molecule has 6 nitrogen and oxygen atoms in total. The zero-order valence-corrected chi connectivity index (χ0v) is 21.5. The third kappa shape index (κ3) is 4.87. The van der Waals surface area contributed by atoms with Crippen molar-refractivity contribution < 1.29 is 28.2 Å². The first-order valence-corrected chi connectivity index (χ1v) is 13.2. The van der Waals surface area contributed by atoms with E-state index in [1.165, 1.54) is 23.5 Å². The summed E-state index contributed by atoms with van der Waals surface area (Å²) in [4.78, 5) is 41.5. The van der Waals surface area contributed by atoms with Crippen LogP contribution in [0.1, 0.15) is 62.3 Å². The van der Waals surface area contributed by atoms with E-state index in [-0.39, 0.29) is 18.8 Å². The number of ketones is 1. The van der Waals surface area contributed by atoms with E-state index in [1.54, 1.807) is 26.0 Å². The third-order valence-corrected chi connectivity index (χ3v) is 7.53. The molecule has 0 saturated carbocycles. The van der Waals surface area contributed by atoms with Gasteiger partial charge in [-0.15, -0.1) is 11.3 Å². The summed E-state index contributed by atoms with van der Waals surface area (Å²) in [5, 5.41) is 5.28. The number of nitrogens with one attached hydrogen (secondary N) is 1. The Labute approximate surface area is 214 Å². The highest BCUT2D eigenvalue weighted by molar-refractivity contribution is 7.10. The quantitative estimate of drug-likeness (QED) is 0.379. The number of benzene rings is 1. The summed E-state index contributed by atoms with van der Waals surface area (Å²) in [5.41, 5.74) is 2.37. The van der Waals surface area contributed by atoms with Crippen LogP contribution in [0.3, 0.4) is 0 Å². The highest BCUT2D eigenvalue weighted by Crippen LogP contribution is 2.49. The molecule has 0 spiro atoms. The molecule has 0 fully saturated rings. The molecule has 1 aliphatic heterocycles. The second kappa shape index (κ2) is 11.2. The molecule has 1 aromatic carbocycles. The fraction of sp³-hybridized carbons (Fsp3) is 0.393. The number of thiophene rings is 1. The molecule has 0 radical (unpaired) electrons. The van der Waals surface area contributed by atoms with Gasteiger partial charge in [0, 0.05) is 33.7 Å². The zero-order chi connectivity index (χ0) is 25.8. The number of esters is 2. The van der Waals surface area contributed by atoms with Gasteiger partial charge >= 0.3 is 11.9 Å². The van der Waals surface area contributed by atoms with Crippen molar-refractivity contribution >= 4 is 29.1 Å². The lowest BCUT2D eigenvalue weighted by Crippen LogP contribution is -2.43. The molecule has 3 atom stereocenters. The van der Waals surface area contributed by atoms with Crippen molar-refractivity contribution in [3.63, 3.8) is 0 Å². The van der Waals surface area contributed by atoms with Gasteiger partial charge in [0.05, 0.1) is 18.8 Å². The monoisotopic (exact) mass is 511 g/mol. The van der Waals surface area contributed by atoms with Gasteiger partial charge in [-0.3, -0.25) is 9.59 Å². The Balaban J connectivity index is 1.93. The molecule has 36 heavy (non-hydrogen) atoms. The van der Waals surface area contributed by atoms with Crippen LogP contribution in [0, 0.1) is 11.7 Å². The van der Waals surface area contributed by atoms with Crippen LogP contribution in [0.25, 0.3) is 0 Å². The van der Waals surface area contributed by atoms with E-state index in [9.17, 15) is 18.8 Å². The average Bonchev–Trinajstić information content (AvgIpc) is 3.38. The maximum atomic E-state index is 14.4. The third-order valence-electron chi connectivity index (χ3n) is 6.53. The first-order valence-electron chi connectivity index (χ1n) is 12.3. The van der Waals surface area contributed by atoms with Gasteiger partial charge in [-0.05, 0) is 55.8 Å². The summed E-state index contributed by atoms with van der Waals surface area (Å²) in [6, 6.07) is 9.71. The van der Waals surface area contributed by atoms with E-state index in [0.717, 1.165) is 11.3 Å². The van der Waals surface area contributed by atoms with Gasteiger partial charge in [0.15, 0.2) is 5.78 Å². The van der Waals surface area contributed by atoms with Gasteiger partial charge in [-0.1, -0.05) is 31.5 Å². The number of carbonyl (C=O) groups is 3. The second-order valence-corrected chi connectivity index (χ2v) is 9.77. The largest absolute Gasteiger partial charge is 0.465 e. The Morgan fingerprint density at radius 3 is 2.53 bits per heavy atom. The van der Waals surface area contributed by atoms with Gasteiger partial charge in [-0.2, -0.15) is 0 Å². The van der Waals surface area contributed by atoms with Crippen LogP contribution in [0.2, 0.25) is 0 Å². The number of Topliss-reactive ketones (excluding diaryl/α,β-unsaturated/α-hetero) is 1. The number of halogens is 1. The van der Waals surface area contributed by atoms with E-state index in [2.05, 4.69) is 5.32 Å². The fourth-order valence-corrected chi connectivity index (χ4v) is 6.00. The normalized spacial score (nSPS) is 21.7. The smallest absolute Gasteiger partial charge is 0.336 e. The minimum absolute atomic E-state index is 0.145. The predicted molar refractivity (Wildman–Crippen MR) is 135 cm³/mol. The summed E-state index contributed by atoms with van der Waals surface area (Å²) in [5.74, 6) is -4.35. The average molecular weight is 512 g/mol. The number of ether oxygens (including phenoxy) is 2. The molecular weight excluding hydrogens is 481 g/mol. The summed E-state index contributed by atoms with van der Waals surface area (Å²) < 4.78 is 25.1. The summed E-state index contributed by atoms with van der Waals surface area (Å²) >= 11 is 1.49. The van der Waals surface area contributed by atoms with Crippen LogP contribution < -0.4 is 5.32 Å². The van der Waals surface area contributed by atoms with Crippen LogP contribution in [0.5, 0.6) is 0 Å². The molecule has 1 N–H and O–H groups in total. The van der Waals surface area contributed by atoms with E-state index >= 15 is 0 Å². The van der Waals surface area contributed by atoms with E-state index in [0.29, 0.717) is 35.4 Å². The summed E-state index contributed by atoms with van der Waals surface area (Å²) in [6.45, 7) is 5.71. The molecule has 0 bridgehead atoms. The van der Waals surface area contributed by atoms with Gasteiger partial charge in [-0.25, -0.2) is 9.18 Å². The molecule has 0 saturated heterocycles. The van der Waals surface area contributed by atoms with Crippen molar-refractivity contribution in [1.82, 2.24) is 5.32 Å². The first kappa shape index (κ1) is 25.8. The van der Waals surface area contributed by atoms with Crippen LogP contribution in [0.15, 0.2) is 64.3 Å². The van der Waals surface area contributed by atoms with Gasteiger partial charge in [0.25, 0.3) is 0 Å². The van der Waals surface area contributed by atoms with E-state index in [1.807, 2.05) is 24.4 Å². The van der Waals surface area contributed by atoms with Crippen molar-refractivity contribution in [2.45, 2.75) is 51.9 Å². The molecule has 3 unspecified atom stereocenters. The predicted octanol–water partition coefficient (Wildman–Crippen LogP) is 5.38. The lowest BCUT2D eigenvalue weighted by atomic mass is 9.68. The Morgan fingerprint density at radius 2 is 1.89 bits per heavy atom. The highest BCUT2D eigenvalue weighted by atomic mass is 32.1. The van der Waals surface area contributed by atoms with E-state index < -0.39 is 41.3 Å². The molecule has 1 aliphatic carbocycles. The number of hydrogen-bond donors (Lipinski definition) is 1. The van der Waals surface area contributed by atoms with Crippen molar-refractivity contribution in [2.75, 3.05) is 13.2 Å². The van der Waals surface area contributed by atoms with Crippen LogP contribution in [0.4, 0.5) is 4.39 Å². The Morgan fingerprint density at radius 1 is 1.11 bits per heavy atom. The maximum absolute atomic E-state index is 14.4.